The Bertz CT molecular complexity index is 366. The molecule has 2 rings (SSSR count). The number of hydrogen-bond donors (Lipinski definition) is 1. The Morgan fingerprint density at radius 2 is 1.82 bits per heavy atom. The highest BCUT2D eigenvalue weighted by Gasteiger charge is 2.36. The van der Waals surface area contributed by atoms with Gasteiger partial charge in [-0.25, -0.2) is 8.78 Å². The smallest absolute Gasteiger partial charge is 0.263 e. The van der Waals surface area contributed by atoms with Crippen molar-refractivity contribution in [3.63, 3.8) is 0 Å². The molecule has 0 heterocycles. The van der Waals surface area contributed by atoms with Gasteiger partial charge in [-0.2, -0.15) is 0 Å². The first-order chi connectivity index (χ1) is 7.99. The summed E-state index contributed by atoms with van der Waals surface area (Å²) in [7, 11) is 0. The van der Waals surface area contributed by atoms with E-state index in [0.717, 1.165) is 18.0 Å². The largest absolute Gasteiger partial charge is 0.307 e. The molecule has 1 N–H and O–H groups in total. The van der Waals surface area contributed by atoms with Crippen LogP contribution < -0.4 is 5.32 Å². The van der Waals surface area contributed by atoms with Crippen LogP contribution in [0.4, 0.5) is 8.78 Å². The van der Waals surface area contributed by atoms with Gasteiger partial charge in [0, 0.05) is 17.6 Å². The van der Waals surface area contributed by atoms with E-state index in [2.05, 4.69) is 19.2 Å². The molecule has 1 fully saturated rings. The van der Waals surface area contributed by atoms with Gasteiger partial charge in [0.25, 0.3) is 6.43 Å². The maximum atomic E-state index is 12.4. The van der Waals surface area contributed by atoms with Crippen molar-refractivity contribution in [3.05, 3.63) is 35.4 Å². The average Bonchev–Trinajstić information content (AvgIpc) is 3.11. The van der Waals surface area contributed by atoms with Crippen LogP contribution >= 0.6 is 0 Å². The molecule has 1 aliphatic carbocycles. The lowest BCUT2D eigenvalue weighted by Crippen LogP contribution is -2.40. The summed E-state index contributed by atoms with van der Waals surface area (Å²) in [5.41, 5.74) is 1.31. The lowest BCUT2D eigenvalue weighted by molar-refractivity contribution is 0.151. The van der Waals surface area contributed by atoms with E-state index in [1.54, 1.807) is 12.1 Å². The van der Waals surface area contributed by atoms with Crippen LogP contribution in [0.3, 0.4) is 0 Å². The van der Waals surface area contributed by atoms with E-state index in [1.807, 2.05) is 0 Å². The molecule has 0 bridgehead atoms. The predicted octanol–water partition coefficient (Wildman–Crippen LogP) is 3.90. The molecule has 94 valence electrons. The highest BCUT2D eigenvalue weighted by molar-refractivity contribution is 5.23. The molecular formula is C14H19F2N. The van der Waals surface area contributed by atoms with E-state index < -0.39 is 6.43 Å². The Kier molecular flexibility index (Phi) is 3.48. The van der Waals surface area contributed by atoms with E-state index in [9.17, 15) is 8.78 Å². The van der Waals surface area contributed by atoms with Crippen molar-refractivity contribution in [3.8, 4) is 0 Å². The van der Waals surface area contributed by atoms with Crippen LogP contribution in [0.1, 0.15) is 44.2 Å². The lowest BCUT2D eigenvalue weighted by Gasteiger charge is -2.26. The number of benzene rings is 1. The summed E-state index contributed by atoms with van der Waals surface area (Å²) in [6, 6.07) is 6.56. The zero-order chi connectivity index (χ0) is 12.5. The molecule has 0 unspecified atom stereocenters. The van der Waals surface area contributed by atoms with Gasteiger partial charge in [-0.1, -0.05) is 24.3 Å². The van der Waals surface area contributed by atoms with Crippen molar-refractivity contribution in [1.82, 2.24) is 5.32 Å². The summed E-state index contributed by atoms with van der Waals surface area (Å²) in [6.07, 6.45) is 0.217. The van der Waals surface area contributed by atoms with Crippen molar-refractivity contribution in [2.75, 3.05) is 0 Å². The van der Waals surface area contributed by atoms with E-state index in [-0.39, 0.29) is 11.1 Å². The normalized spacial score (nSPS) is 16.5. The third-order valence-corrected chi connectivity index (χ3v) is 3.58. The predicted molar refractivity (Wildman–Crippen MR) is 65.0 cm³/mol. The first kappa shape index (κ1) is 12.5. The second-order valence-corrected chi connectivity index (χ2v) is 5.39. The standard InChI is InChI=1S/C14H19F2N/c1-14(2,12-7-8-12)17-9-10-3-5-11(6-4-10)13(15)16/h3-6,12-13,17H,7-9H2,1-2H3. The van der Waals surface area contributed by atoms with Crippen LogP contribution in [-0.2, 0) is 6.54 Å². The van der Waals surface area contributed by atoms with Crippen LogP contribution in [0.15, 0.2) is 24.3 Å². The van der Waals surface area contributed by atoms with Crippen molar-refractivity contribution < 1.29 is 8.78 Å². The first-order valence-corrected chi connectivity index (χ1v) is 6.11. The molecule has 0 aromatic heterocycles. The Balaban J connectivity index is 1.90. The first-order valence-electron chi connectivity index (χ1n) is 6.11. The Hall–Kier alpha value is -0.960. The van der Waals surface area contributed by atoms with Gasteiger partial charge in [0.05, 0.1) is 0 Å². The van der Waals surface area contributed by atoms with Gasteiger partial charge in [0.1, 0.15) is 0 Å². The summed E-state index contributed by atoms with van der Waals surface area (Å²) in [5.74, 6) is 0.767. The van der Waals surface area contributed by atoms with Crippen molar-refractivity contribution in [2.45, 2.75) is 45.2 Å². The Morgan fingerprint density at radius 1 is 1.24 bits per heavy atom. The van der Waals surface area contributed by atoms with Crippen LogP contribution in [0.5, 0.6) is 0 Å². The molecule has 1 nitrogen and oxygen atoms in total. The summed E-state index contributed by atoms with van der Waals surface area (Å²) in [6.45, 7) is 5.16. The van der Waals surface area contributed by atoms with Gasteiger partial charge >= 0.3 is 0 Å². The fourth-order valence-corrected chi connectivity index (χ4v) is 2.06. The third-order valence-electron chi connectivity index (χ3n) is 3.58. The maximum Gasteiger partial charge on any atom is 0.263 e. The second-order valence-electron chi connectivity index (χ2n) is 5.39. The van der Waals surface area contributed by atoms with E-state index in [0.29, 0.717) is 0 Å². The molecule has 1 aromatic rings. The van der Waals surface area contributed by atoms with Gasteiger partial charge in [-0.15, -0.1) is 0 Å². The second kappa shape index (κ2) is 4.73. The zero-order valence-electron chi connectivity index (χ0n) is 10.3. The molecule has 1 saturated carbocycles. The quantitative estimate of drug-likeness (QED) is 0.821. The van der Waals surface area contributed by atoms with Crippen LogP contribution in [0.2, 0.25) is 0 Å². The van der Waals surface area contributed by atoms with Crippen LogP contribution in [0.25, 0.3) is 0 Å². The number of nitrogens with one attached hydrogen (secondary N) is 1. The summed E-state index contributed by atoms with van der Waals surface area (Å²) in [5, 5.41) is 3.50. The summed E-state index contributed by atoms with van der Waals surface area (Å²) in [4.78, 5) is 0. The molecule has 0 radical (unpaired) electrons. The summed E-state index contributed by atoms with van der Waals surface area (Å²) < 4.78 is 24.7. The van der Waals surface area contributed by atoms with Gasteiger partial charge in [-0.05, 0) is 38.2 Å². The molecular weight excluding hydrogens is 220 g/mol. The minimum Gasteiger partial charge on any atom is -0.307 e. The van der Waals surface area contributed by atoms with Crippen LogP contribution in [0, 0.1) is 5.92 Å². The molecule has 0 amide bonds. The van der Waals surface area contributed by atoms with E-state index in [1.165, 1.54) is 25.0 Å². The molecule has 3 heteroatoms. The number of hydrogen-bond acceptors (Lipinski definition) is 1. The Morgan fingerprint density at radius 3 is 2.29 bits per heavy atom. The third kappa shape index (κ3) is 3.25. The maximum absolute atomic E-state index is 12.4. The van der Waals surface area contributed by atoms with Crippen molar-refractivity contribution in [1.29, 1.82) is 0 Å². The molecule has 17 heavy (non-hydrogen) atoms. The number of rotatable bonds is 5. The topological polar surface area (TPSA) is 12.0 Å². The average molecular weight is 239 g/mol. The van der Waals surface area contributed by atoms with Gasteiger partial charge in [0.2, 0.25) is 0 Å². The molecule has 0 aliphatic heterocycles. The van der Waals surface area contributed by atoms with E-state index >= 15 is 0 Å². The highest BCUT2D eigenvalue weighted by Crippen LogP contribution is 2.39. The minimum atomic E-state index is -2.38. The van der Waals surface area contributed by atoms with Crippen molar-refractivity contribution in [2.24, 2.45) is 5.92 Å². The Labute approximate surface area is 101 Å². The van der Waals surface area contributed by atoms with Crippen molar-refractivity contribution >= 4 is 0 Å². The van der Waals surface area contributed by atoms with Gasteiger partial charge in [-0.3, -0.25) is 0 Å². The molecule has 0 saturated heterocycles. The molecule has 1 aromatic carbocycles. The zero-order valence-corrected chi connectivity index (χ0v) is 10.3. The minimum absolute atomic E-state index is 0.0928. The monoisotopic (exact) mass is 239 g/mol. The number of halogens is 2. The fourth-order valence-electron chi connectivity index (χ4n) is 2.06. The lowest BCUT2D eigenvalue weighted by atomic mass is 9.98. The highest BCUT2D eigenvalue weighted by atomic mass is 19.3. The number of alkyl halides is 2. The van der Waals surface area contributed by atoms with Crippen LogP contribution in [-0.4, -0.2) is 5.54 Å². The fraction of sp³-hybridized carbons (Fsp3) is 0.571. The molecule has 0 spiro atoms. The van der Waals surface area contributed by atoms with E-state index in [4.69, 9.17) is 0 Å². The molecule has 0 atom stereocenters. The summed E-state index contributed by atoms with van der Waals surface area (Å²) >= 11 is 0. The molecule has 1 aliphatic rings. The SMILES string of the molecule is CC(C)(NCc1ccc(C(F)F)cc1)C1CC1. The van der Waals surface area contributed by atoms with Gasteiger partial charge in [0.15, 0.2) is 0 Å². The van der Waals surface area contributed by atoms with Gasteiger partial charge < -0.3 is 5.32 Å².